The maximum absolute atomic E-state index is 12.0. The van der Waals surface area contributed by atoms with E-state index in [1.165, 1.54) is 5.69 Å². The van der Waals surface area contributed by atoms with Gasteiger partial charge in [0, 0.05) is 50.4 Å². The van der Waals surface area contributed by atoms with Crippen LogP contribution in [0.4, 0.5) is 0 Å². The smallest absolute Gasteiger partial charge is 0.222 e. The van der Waals surface area contributed by atoms with Crippen LogP contribution in [-0.2, 0) is 11.8 Å². The van der Waals surface area contributed by atoms with Crippen molar-refractivity contribution in [3.05, 3.63) is 18.0 Å². The van der Waals surface area contributed by atoms with Crippen LogP contribution >= 0.6 is 0 Å². The molecule has 1 unspecified atom stereocenters. The second kappa shape index (κ2) is 6.19. The Bertz CT molecular complexity index is 419. The summed E-state index contributed by atoms with van der Waals surface area (Å²) >= 11 is 0. The van der Waals surface area contributed by atoms with Gasteiger partial charge in [0.2, 0.25) is 5.91 Å². The summed E-state index contributed by atoms with van der Waals surface area (Å²) in [6, 6.07) is 2.19. The third-order valence-electron chi connectivity index (χ3n) is 3.94. The summed E-state index contributed by atoms with van der Waals surface area (Å²) in [6.45, 7) is 3.66. The molecule has 5 nitrogen and oxygen atoms in total. The highest BCUT2D eigenvalue weighted by Gasteiger charge is 2.25. The van der Waals surface area contributed by atoms with Gasteiger partial charge in [-0.1, -0.05) is 0 Å². The Morgan fingerprint density at radius 2 is 2.21 bits per heavy atom. The first-order valence-corrected chi connectivity index (χ1v) is 7.09. The molecule has 19 heavy (non-hydrogen) atoms. The number of carbonyl (C=O) groups is 1. The third kappa shape index (κ3) is 3.56. The summed E-state index contributed by atoms with van der Waals surface area (Å²) in [6.07, 6.45) is 5.26. The molecule has 5 heteroatoms. The maximum Gasteiger partial charge on any atom is 0.222 e. The number of carbonyl (C=O) groups excluding carboxylic acids is 1. The topological polar surface area (TPSA) is 64.2 Å². The molecule has 1 amide bonds. The molecule has 1 aromatic heterocycles. The van der Waals surface area contributed by atoms with Crippen molar-refractivity contribution in [3.8, 4) is 0 Å². The first-order valence-electron chi connectivity index (χ1n) is 7.09. The second-order valence-electron chi connectivity index (χ2n) is 5.55. The fourth-order valence-electron chi connectivity index (χ4n) is 2.72. The lowest BCUT2D eigenvalue weighted by molar-refractivity contribution is -0.132. The Morgan fingerprint density at radius 1 is 1.53 bits per heavy atom. The Labute approximate surface area is 114 Å². The number of rotatable bonds is 4. The van der Waals surface area contributed by atoms with E-state index in [0.29, 0.717) is 12.3 Å². The van der Waals surface area contributed by atoms with Crippen molar-refractivity contribution in [2.45, 2.75) is 44.6 Å². The van der Waals surface area contributed by atoms with E-state index < -0.39 is 0 Å². The number of likely N-dealkylation sites (tertiary alicyclic amines) is 1. The summed E-state index contributed by atoms with van der Waals surface area (Å²) in [5.74, 6) is 0.783. The lowest BCUT2D eigenvalue weighted by Crippen LogP contribution is -2.38. The fraction of sp³-hybridized carbons (Fsp3) is 0.714. The van der Waals surface area contributed by atoms with E-state index in [4.69, 9.17) is 5.73 Å². The molecule has 0 saturated carbocycles. The van der Waals surface area contributed by atoms with E-state index in [9.17, 15) is 4.79 Å². The molecule has 0 aliphatic carbocycles. The summed E-state index contributed by atoms with van der Waals surface area (Å²) < 4.78 is 1.94. The molecule has 0 aromatic carbocycles. The third-order valence-corrected chi connectivity index (χ3v) is 3.94. The van der Waals surface area contributed by atoms with Gasteiger partial charge in [0.1, 0.15) is 0 Å². The van der Waals surface area contributed by atoms with Gasteiger partial charge in [0.15, 0.2) is 0 Å². The van der Waals surface area contributed by atoms with E-state index in [1.807, 2.05) is 29.7 Å². The molecule has 1 atom stereocenters. The number of piperidine rings is 1. The van der Waals surface area contributed by atoms with Gasteiger partial charge in [-0.2, -0.15) is 5.10 Å². The van der Waals surface area contributed by atoms with Crippen LogP contribution in [-0.4, -0.2) is 39.7 Å². The molecule has 1 aliphatic heterocycles. The summed E-state index contributed by atoms with van der Waals surface area (Å²) in [5, 5.41) is 4.22. The average Bonchev–Trinajstić information content (AvgIpc) is 2.82. The van der Waals surface area contributed by atoms with E-state index >= 15 is 0 Å². The van der Waals surface area contributed by atoms with Crippen molar-refractivity contribution in [1.82, 2.24) is 14.7 Å². The fourth-order valence-corrected chi connectivity index (χ4v) is 2.72. The van der Waals surface area contributed by atoms with Crippen molar-refractivity contribution in [1.29, 1.82) is 0 Å². The van der Waals surface area contributed by atoms with Crippen LogP contribution in [0.2, 0.25) is 0 Å². The highest BCUT2D eigenvalue weighted by molar-refractivity contribution is 5.76. The SMILES string of the molecule is CC(N)CCC(=O)N1CCC(c2ccnn2C)CC1. The Hall–Kier alpha value is -1.36. The Kier molecular flexibility index (Phi) is 4.58. The van der Waals surface area contributed by atoms with E-state index in [2.05, 4.69) is 11.2 Å². The van der Waals surface area contributed by atoms with E-state index in [0.717, 1.165) is 32.4 Å². The summed E-state index contributed by atoms with van der Waals surface area (Å²) in [7, 11) is 1.98. The van der Waals surface area contributed by atoms with Gasteiger partial charge in [0.05, 0.1) is 0 Å². The molecule has 0 radical (unpaired) electrons. The van der Waals surface area contributed by atoms with Crippen LogP contribution in [0.25, 0.3) is 0 Å². The first kappa shape index (κ1) is 14.1. The zero-order valence-electron chi connectivity index (χ0n) is 11.9. The largest absolute Gasteiger partial charge is 0.343 e. The molecular formula is C14H24N4O. The summed E-state index contributed by atoms with van der Waals surface area (Å²) in [5.41, 5.74) is 6.97. The van der Waals surface area contributed by atoms with Crippen LogP contribution in [0, 0.1) is 0 Å². The second-order valence-corrected chi connectivity index (χ2v) is 5.55. The zero-order chi connectivity index (χ0) is 13.8. The quantitative estimate of drug-likeness (QED) is 0.890. The van der Waals surface area contributed by atoms with Gasteiger partial charge in [0.25, 0.3) is 0 Å². The molecule has 1 saturated heterocycles. The highest BCUT2D eigenvalue weighted by atomic mass is 16.2. The molecule has 0 spiro atoms. The Morgan fingerprint density at radius 3 is 2.74 bits per heavy atom. The van der Waals surface area contributed by atoms with Gasteiger partial charge < -0.3 is 10.6 Å². The highest BCUT2D eigenvalue weighted by Crippen LogP contribution is 2.27. The van der Waals surface area contributed by atoms with Crippen LogP contribution in [0.1, 0.15) is 44.2 Å². The number of aryl methyl sites for hydroxylation is 1. The van der Waals surface area contributed by atoms with Gasteiger partial charge in [-0.3, -0.25) is 9.48 Å². The number of nitrogens with two attached hydrogens (primary N) is 1. The molecule has 1 aromatic rings. The normalized spacial score (nSPS) is 18.6. The zero-order valence-corrected chi connectivity index (χ0v) is 11.9. The minimum Gasteiger partial charge on any atom is -0.343 e. The van der Waals surface area contributed by atoms with Crippen molar-refractivity contribution in [2.75, 3.05) is 13.1 Å². The number of hydrogen-bond acceptors (Lipinski definition) is 3. The van der Waals surface area contributed by atoms with E-state index in [1.54, 1.807) is 0 Å². The van der Waals surface area contributed by atoms with Crippen molar-refractivity contribution in [2.24, 2.45) is 12.8 Å². The van der Waals surface area contributed by atoms with Gasteiger partial charge in [-0.05, 0) is 32.3 Å². The molecule has 2 heterocycles. The summed E-state index contributed by atoms with van der Waals surface area (Å²) in [4.78, 5) is 14.0. The van der Waals surface area contributed by atoms with Crippen LogP contribution in [0.5, 0.6) is 0 Å². The number of hydrogen-bond donors (Lipinski definition) is 1. The lowest BCUT2D eigenvalue weighted by Gasteiger charge is -2.32. The number of amides is 1. The van der Waals surface area contributed by atoms with E-state index in [-0.39, 0.29) is 11.9 Å². The van der Waals surface area contributed by atoms with Crippen LogP contribution in [0.3, 0.4) is 0 Å². The molecule has 1 aliphatic rings. The minimum atomic E-state index is 0.107. The molecular weight excluding hydrogens is 240 g/mol. The number of nitrogens with zero attached hydrogens (tertiary/aromatic N) is 3. The van der Waals surface area contributed by atoms with Crippen molar-refractivity contribution >= 4 is 5.91 Å². The molecule has 1 fully saturated rings. The lowest BCUT2D eigenvalue weighted by atomic mass is 9.93. The van der Waals surface area contributed by atoms with Gasteiger partial charge in [-0.25, -0.2) is 0 Å². The predicted molar refractivity (Wildman–Crippen MR) is 74.6 cm³/mol. The predicted octanol–water partition coefficient (Wildman–Crippen LogP) is 1.25. The molecule has 2 rings (SSSR count). The monoisotopic (exact) mass is 264 g/mol. The van der Waals surface area contributed by atoms with Gasteiger partial charge >= 0.3 is 0 Å². The van der Waals surface area contributed by atoms with Crippen LogP contribution in [0.15, 0.2) is 12.3 Å². The van der Waals surface area contributed by atoms with Crippen molar-refractivity contribution < 1.29 is 4.79 Å². The molecule has 2 N–H and O–H groups in total. The van der Waals surface area contributed by atoms with Crippen LogP contribution < -0.4 is 5.73 Å². The average molecular weight is 264 g/mol. The van der Waals surface area contributed by atoms with Gasteiger partial charge in [-0.15, -0.1) is 0 Å². The molecule has 106 valence electrons. The number of aromatic nitrogens is 2. The van der Waals surface area contributed by atoms with Crippen molar-refractivity contribution in [3.63, 3.8) is 0 Å². The molecule has 0 bridgehead atoms. The maximum atomic E-state index is 12.0. The standard InChI is InChI=1S/C14H24N4O/c1-11(15)3-4-14(19)18-9-6-12(7-10-18)13-5-8-16-17(13)2/h5,8,11-12H,3-4,6-7,9-10,15H2,1-2H3. The minimum absolute atomic E-state index is 0.107. The Balaban J connectivity index is 1.82. The first-order chi connectivity index (χ1) is 9.08.